The van der Waals surface area contributed by atoms with Crippen molar-refractivity contribution in [2.45, 2.75) is 115 Å². The van der Waals surface area contributed by atoms with Crippen LogP contribution < -0.4 is 27.0 Å². The zero-order valence-corrected chi connectivity index (χ0v) is 27.2. The van der Waals surface area contributed by atoms with E-state index in [1.807, 2.05) is 0 Å². The second kappa shape index (κ2) is 18.7. The van der Waals surface area contributed by atoms with Gasteiger partial charge in [-0.25, -0.2) is 4.79 Å². The Morgan fingerprint density at radius 1 is 0.787 bits per heavy atom. The summed E-state index contributed by atoms with van der Waals surface area (Å²) < 4.78 is 0. The second-order valence-electron chi connectivity index (χ2n) is 12.4. The average Bonchev–Trinajstić information content (AvgIpc) is 3.44. The molecule has 0 radical (unpaired) electrons. The highest BCUT2D eigenvalue weighted by molar-refractivity contribution is 5.97. The van der Waals surface area contributed by atoms with Crippen molar-refractivity contribution in [2.75, 3.05) is 6.54 Å². The number of aliphatic hydroxyl groups is 1. The van der Waals surface area contributed by atoms with E-state index < -0.39 is 109 Å². The van der Waals surface area contributed by atoms with Gasteiger partial charge in [0, 0.05) is 13.0 Å². The second-order valence-corrected chi connectivity index (χ2v) is 12.4. The fourth-order valence-corrected chi connectivity index (χ4v) is 4.97. The summed E-state index contributed by atoms with van der Waals surface area (Å²) in [6, 6.07) is -8.23. The lowest BCUT2D eigenvalue weighted by Crippen LogP contribution is -2.61. The van der Waals surface area contributed by atoms with Crippen molar-refractivity contribution in [2.24, 2.45) is 17.6 Å². The molecule has 47 heavy (non-hydrogen) atoms. The van der Waals surface area contributed by atoms with Gasteiger partial charge in [-0.2, -0.15) is 0 Å². The first kappa shape index (κ1) is 40.7. The molecule has 1 aliphatic heterocycles. The summed E-state index contributed by atoms with van der Waals surface area (Å²) in [6.45, 7) is 7.86. The molecule has 0 unspecified atom stereocenters. The van der Waals surface area contributed by atoms with Gasteiger partial charge in [-0.15, -0.1) is 0 Å². The van der Waals surface area contributed by atoms with Gasteiger partial charge in [0.05, 0.1) is 18.6 Å². The van der Waals surface area contributed by atoms with Crippen LogP contribution in [-0.2, 0) is 38.4 Å². The zero-order valence-electron chi connectivity index (χ0n) is 27.2. The molecule has 18 nitrogen and oxygen atoms in total. The number of nitrogens with one attached hydrogen (secondary N) is 4. The molecule has 0 aliphatic carbocycles. The topological polar surface area (TPSA) is 295 Å². The van der Waals surface area contributed by atoms with Gasteiger partial charge < -0.3 is 52.3 Å². The van der Waals surface area contributed by atoms with Gasteiger partial charge in [0.1, 0.15) is 30.2 Å². The molecule has 0 aromatic heterocycles. The number of rotatable bonds is 19. The molecule has 7 atom stereocenters. The van der Waals surface area contributed by atoms with E-state index in [9.17, 15) is 53.7 Å². The van der Waals surface area contributed by atoms with Gasteiger partial charge in [-0.1, -0.05) is 27.7 Å². The lowest BCUT2D eigenvalue weighted by Gasteiger charge is -2.31. The number of carbonyl (C=O) groups is 8. The van der Waals surface area contributed by atoms with Crippen LogP contribution in [0.25, 0.3) is 0 Å². The third-order valence-electron chi connectivity index (χ3n) is 7.46. The fourth-order valence-electron chi connectivity index (χ4n) is 4.97. The average molecular weight is 673 g/mol. The van der Waals surface area contributed by atoms with Gasteiger partial charge >= 0.3 is 17.9 Å². The van der Waals surface area contributed by atoms with E-state index in [0.717, 1.165) is 4.90 Å². The number of likely N-dealkylation sites (tertiary alicyclic amines) is 1. The first-order valence-corrected chi connectivity index (χ1v) is 15.4. The maximum Gasteiger partial charge on any atom is 0.326 e. The Morgan fingerprint density at radius 3 is 1.87 bits per heavy atom. The van der Waals surface area contributed by atoms with Crippen molar-refractivity contribution in [3.63, 3.8) is 0 Å². The molecule has 5 amide bonds. The molecule has 1 aliphatic rings. The minimum atomic E-state index is -1.57. The number of carbonyl (C=O) groups excluding carboxylic acids is 5. The summed E-state index contributed by atoms with van der Waals surface area (Å²) >= 11 is 0. The molecule has 266 valence electrons. The van der Waals surface area contributed by atoms with E-state index in [4.69, 9.17) is 10.8 Å². The Kier molecular flexibility index (Phi) is 16.2. The van der Waals surface area contributed by atoms with E-state index in [0.29, 0.717) is 6.42 Å². The first-order chi connectivity index (χ1) is 21.8. The van der Waals surface area contributed by atoms with Crippen molar-refractivity contribution in [3.05, 3.63) is 0 Å². The Morgan fingerprint density at radius 2 is 1.38 bits per heavy atom. The maximum absolute atomic E-state index is 13.7. The highest BCUT2D eigenvalue weighted by Gasteiger charge is 2.41. The molecule has 0 saturated carbocycles. The molecular weight excluding hydrogens is 624 g/mol. The summed E-state index contributed by atoms with van der Waals surface area (Å²) in [7, 11) is 0. The van der Waals surface area contributed by atoms with Crippen LogP contribution in [0.3, 0.4) is 0 Å². The van der Waals surface area contributed by atoms with E-state index in [1.54, 1.807) is 27.7 Å². The van der Waals surface area contributed by atoms with Crippen molar-refractivity contribution >= 4 is 47.4 Å². The van der Waals surface area contributed by atoms with E-state index >= 15 is 0 Å². The molecule has 0 bridgehead atoms. The van der Waals surface area contributed by atoms with Crippen LogP contribution in [0.4, 0.5) is 0 Å². The molecule has 1 heterocycles. The Bertz CT molecular complexity index is 1180. The van der Waals surface area contributed by atoms with Gasteiger partial charge in [-0.05, 0) is 44.4 Å². The predicted molar refractivity (Wildman–Crippen MR) is 163 cm³/mol. The molecule has 1 saturated heterocycles. The van der Waals surface area contributed by atoms with Crippen LogP contribution in [-0.4, -0.2) is 122 Å². The van der Waals surface area contributed by atoms with E-state index in [2.05, 4.69) is 21.3 Å². The van der Waals surface area contributed by atoms with Crippen LogP contribution in [0.1, 0.15) is 73.1 Å². The van der Waals surface area contributed by atoms with Gasteiger partial charge in [0.25, 0.3) is 0 Å². The Labute approximate surface area is 272 Å². The normalized spacial score (nSPS) is 18.3. The number of aliphatic hydroxyl groups excluding tert-OH is 1. The molecule has 10 N–H and O–H groups in total. The summed E-state index contributed by atoms with van der Waals surface area (Å²) in [4.78, 5) is 101. The number of nitrogens with two attached hydrogens (primary N) is 1. The fraction of sp³-hybridized carbons (Fsp3) is 0.724. The molecular formula is C29H48N6O12. The summed E-state index contributed by atoms with van der Waals surface area (Å²) in [6.07, 6.45) is -2.55. The standard InChI is InChI=1S/C29H48N6O12/c1-13(2)11-18(32-24(41)16(30)12-21(39)40)25(42)31-17(8-9-20(37)38)28(45)35-10-6-7-19(35)26(43)34-23(15(5)36)27(44)33-22(14(3)4)29(46)47/h13-19,22-23,36H,6-12,30H2,1-5H3,(H,31,42)(H,32,41)(H,33,44)(H,34,43)(H,37,38)(H,39,40)(H,46,47)/t15-,16+,17+,18+,19+,22+,23+/m1/s1. The maximum atomic E-state index is 13.7. The number of carboxylic acid groups (broad SMARTS) is 3. The Hall–Kier alpha value is -4.32. The smallest absolute Gasteiger partial charge is 0.326 e. The lowest BCUT2D eigenvalue weighted by atomic mass is 10.0. The molecule has 1 fully saturated rings. The summed E-state index contributed by atoms with van der Waals surface area (Å²) in [5, 5.41) is 47.4. The first-order valence-electron chi connectivity index (χ1n) is 15.4. The number of carboxylic acids is 3. The Balaban J connectivity index is 3.21. The minimum Gasteiger partial charge on any atom is -0.481 e. The highest BCUT2D eigenvalue weighted by Crippen LogP contribution is 2.21. The SMILES string of the molecule is CC(C)C[C@H](NC(=O)[C@@H](N)CC(=O)O)C(=O)N[C@@H](CCC(=O)O)C(=O)N1CCC[C@H]1C(=O)N[C@H](C(=O)N[C@H](C(=O)O)C(C)C)[C@@H](C)O. The lowest BCUT2D eigenvalue weighted by molar-refractivity contribution is -0.145. The monoisotopic (exact) mass is 672 g/mol. The van der Waals surface area contributed by atoms with Crippen molar-refractivity contribution in [3.8, 4) is 0 Å². The predicted octanol–water partition coefficient (Wildman–Crippen LogP) is -2.25. The van der Waals surface area contributed by atoms with Crippen LogP contribution in [0.2, 0.25) is 0 Å². The number of aliphatic carboxylic acids is 3. The molecule has 0 aromatic carbocycles. The number of hydrogen-bond acceptors (Lipinski definition) is 10. The third kappa shape index (κ3) is 13.1. The van der Waals surface area contributed by atoms with E-state index in [-0.39, 0.29) is 31.7 Å². The van der Waals surface area contributed by atoms with Crippen molar-refractivity contribution < 1.29 is 58.8 Å². The number of amides is 5. The zero-order chi connectivity index (χ0) is 36.2. The molecule has 0 aromatic rings. The van der Waals surface area contributed by atoms with Crippen LogP contribution in [0.15, 0.2) is 0 Å². The van der Waals surface area contributed by atoms with Gasteiger partial charge in [0.2, 0.25) is 29.5 Å². The largest absolute Gasteiger partial charge is 0.481 e. The van der Waals surface area contributed by atoms with Crippen LogP contribution in [0.5, 0.6) is 0 Å². The minimum absolute atomic E-state index is 0.0343. The van der Waals surface area contributed by atoms with Gasteiger partial charge in [-0.3, -0.25) is 33.6 Å². The molecule has 18 heteroatoms. The van der Waals surface area contributed by atoms with Crippen LogP contribution in [0, 0.1) is 11.8 Å². The highest BCUT2D eigenvalue weighted by atomic mass is 16.4. The summed E-state index contributed by atoms with van der Waals surface area (Å²) in [5.74, 6) is -8.98. The third-order valence-corrected chi connectivity index (χ3v) is 7.46. The molecule has 0 spiro atoms. The van der Waals surface area contributed by atoms with Crippen LogP contribution >= 0.6 is 0 Å². The number of hydrogen-bond donors (Lipinski definition) is 9. The van der Waals surface area contributed by atoms with Crippen molar-refractivity contribution in [1.29, 1.82) is 0 Å². The van der Waals surface area contributed by atoms with E-state index in [1.165, 1.54) is 6.92 Å². The molecule has 1 rings (SSSR count). The van der Waals surface area contributed by atoms with Gasteiger partial charge in [0.15, 0.2) is 0 Å². The summed E-state index contributed by atoms with van der Waals surface area (Å²) in [5.41, 5.74) is 5.62. The quantitative estimate of drug-likeness (QED) is 0.0702. The van der Waals surface area contributed by atoms with Crippen molar-refractivity contribution in [1.82, 2.24) is 26.2 Å². The number of nitrogens with zero attached hydrogens (tertiary/aromatic N) is 1.